The van der Waals surface area contributed by atoms with Gasteiger partial charge in [-0.2, -0.15) is 0 Å². The van der Waals surface area contributed by atoms with Crippen LogP contribution in [-0.2, 0) is 11.3 Å². The monoisotopic (exact) mass is 418 g/mol. The zero-order chi connectivity index (χ0) is 19.4. The Bertz CT molecular complexity index is 1010. The van der Waals surface area contributed by atoms with Crippen molar-refractivity contribution in [2.75, 3.05) is 11.4 Å². The van der Waals surface area contributed by atoms with Crippen molar-refractivity contribution in [3.8, 4) is 5.88 Å². The zero-order valence-electron chi connectivity index (χ0n) is 14.6. The van der Waals surface area contributed by atoms with Crippen LogP contribution >= 0.6 is 35.3 Å². The number of hydrogen-bond acceptors (Lipinski definition) is 6. The number of carboxylic acids is 1. The smallest absolute Gasteiger partial charge is 0.305 e. The molecule has 0 amide bonds. The number of benzene rings is 1. The van der Waals surface area contributed by atoms with Gasteiger partial charge in [0.2, 0.25) is 5.88 Å². The van der Waals surface area contributed by atoms with Crippen LogP contribution in [0.15, 0.2) is 52.1 Å². The molecule has 2 aromatic rings. The second-order valence-corrected chi connectivity index (χ2v) is 8.39. The van der Waals surface area contributed by atoms with E-state index in [-0.39, 0.29) is 18.8 Å². The number of allylic oxidation sites excluding steroid dienone is 2. The quantitative estimate of drug-likeness (QED) is 0.502. The van der Waals surface area contributed by atoms with Crippen molar-refractivity contribution < 1.29 is 15.0 Å². The van der Waals surface area contributed by atoms with Gasteiger partial charge < -0.3 is 15.1 Å². The van der Waals surface area contributed by atoms with Crippen LogP contribution in [0.2, 0.25) is 0 Å². The second-order valence-electron chi connectivity index (χ2n) is 5.65. The third-order valence-corrected chi connectivity index (χ3v) is 6.45. The average molecular weight is 419 g/mol. The van der Waals surface area contributed by atoms with E-state index in [9.17, 15) is 9.90 Å². The summed E-state index contributed by atoms with van der Waals surface area (Å²) in [5.41, 5.74) is 4.26. The third-order valence-electron chi connectivity index (χ3n) is 3.93. The van der Waals surface area contributed by atoms with Gasteiger partial charge in [0, 0.05) is 24.1 Å². The maximum atomic E-state index is 10.7. The number of carbonyl (C=O) groups is 1. The molecule has 0 saturated carbocycles. The highest BCUT2D eigenvalue weighted by Gasteiger charge is 2.22. The van der Waals surface area contributed by atoms with E-state index < -0.39 is 5.97 Å². The number of aliphatic carboxylic acids is 1. The molecule has 0 radical (unpaired) electrons. The van der Waals surface area contributed by atoms with Crippen LogP contribution in [0.1, 0.15) is 18.2 Å². The molecular weight excluding hydrogens is 400 g/mol. The summed E-state index contributed by atoms with van der Waals surface area (Å²) < 4.78 is 1.88. The van der Waals surface area contributed by atoms with Crippen LogP contribution in [0.25, 0.3) is 6.08 Å². The van der Waals surface area contributed by atoms with E-state index in [1.54, 1.807) is 23.9 Å². The first-order valence-corrected chi connectivity index (χ1v) is 10.4. The first-order valence-electron chi connectivity index (χ1n) is 8.32. The summed E-state index contributed by atoms with van der Waals surface area (Å²) in [5.74, 6) is -0.945. The van der Waals surface area contributed by atoms with Crippen LogP contribution in [0.4, 0.5) is 5.69 Å². The minimum Gasteiger partial charge on any atom is -0.493 e. The van der Waals surface area contributed by atoms with Gasteiger partial charge in [-0.1, -0.05) is 23.9 Å². The summed E-state index contributed by atoms with van der Waals surface area (Å²) in [6, 6.07) is 8.28. The molecule has 0 bridgehead atoms. The lowest BCUT2D eigenvalue weighted by Gasteiger charge is -2.17. The molecule has 5 nitrogen and oxygen atoms in total. The van der Waals surface area contributed by atoms with Crippen molar-refractivity contribution >= 4 is 53.0 Å². The number of aromatic nitrogens is 1. The molecule has 0 spiro atoms. The number of anilines is 1. The van der Waals surface area contributed by atoms with Gasteiger partial charge in [-0.05, 0) is 43.4 Å². The fourth-order valence-electron chi connectivity index (χ4n) is 2.66. The van der Waals surface area contributed by atoms with E-state index in [0.29, 0.717) is 8.83 Å². The number of rotatable bonds is 6. The lowest BCUT2D eigenvalue weighted by molar-refractivity contribution is -0.137. The molecule has 27 heavy (non-hydrogen) atoms. The van der Waals surface area contributed by atoms with E-state index in [1.165, 1.54) is 26.5 Å². The third kappa shape index (κ3) is 4.36. The molecule has 3 rings (SSSR count). The highest BCUT2D eigenvalue weighted by atomic mass is 32.2. The molecule has 8 heteroatoms. The van der Waals surface area contributed by atoms with Crippen LogP contribution in [0, 0.1) is 3.95 Å². The standard InChI is InChI=1S/C19H18N2O3S3/c1-2-20-13-7-3-4-8-14(13)26-16(20)10-6-5-9-15-18(24)21(19(25)27-15)12-11-17(22)23/h3-4,6-10,24H,2,11-12H2,1H3,(H,22,23). The van der Waals surface area contributed by atoms with E-state index in [4.69, 9.17) is 17.3 Å². The normalized spacial score (nSPS) is 14.1. The number of thiazole rings is 1. The Morgan fingerprint density at radius 3 is 2.89 bits per heavy atom. The molecule has 2 heterocycles. The summed E-state index contributed by atoms with van der Waals surface area (Å²) in [4.78, 5) is 14.7. The first kappa shape index (κ1) is 19.5. The molecule has 0 aliphatic carbocycles. The molecular formula is C19H18N2O3S3. The van der Waals surface area contributed by atoms with Gasteiger partial charge in [0.05, 0.1) is 22.0 Å². The molecule has 1 aliphatic heterocycles. The number of nitrogens with zero attached hydrogens (tertiary/aromatic N) is 2. The van der Waals surface area contributed by atoms with Crippen LogP contribution in [0.3, 0.4) is 0 Å². The molecule has 0 fully saturated rings. The van der Waals surface area contributed by atoms with Crippen molar-refractivity contribution in [3.05, 3.63) is 56.0 Å². The van der Waals surface area contributed by atoms with Gasteiger partial charge in [-0.25, -0.2) is 0 Å². The Kier molecular flexibility index (Phi) is 6.23. The maximum Gasteiger partial charge on any atom is 0.305 e. The van der Waals surface area contributed by atoms with E-state index >= 15 is 0 Å². The highest BCUT2D eigenvalue weighted by molar-refractivity contribution is 8.03. The topological polar surface area (TPSA) is 65.7 Å². The van der Waals surface area contributed by atoms with Crippen molar-refractivity contribution in [2.45, 2.75) is 24.8 Å². The Morgan fingerprint density at radius 1 is 1.37 bits per heavy atom. The molecule has 0 saturated heterocycles. The lowest BCUT2D eigenvalue weighted by Crippen LogP contribution is -2.16. The zero-order valence-corrected chi connectivity index (χ0v) is 17.0. The maximum absolute atomic E-state index is 10.7. The Balaban J connectivity index is 1.78. The summed E-state index contributed by atoms with van der Waals surface area (Å²) in [7, 11) is 0. The molecule has 1 aromatic heterocycles. The van der Waals surface area contributed by atoms with Crippen LogP contribution in [0.5, 0.6) is 5.88 Å². The minimum atomic E-state index is -0.929. The van der Waals surface area contributed by atoms with Gasteiger partial charge in [0.25, 0.3) is 0 Å². The summed E-state index contributed by atoms with van der Waals surface area (Å²) in [6.07, 6.45) is 5.37. The van der Waals surface area contributed by atoms with Crippen LogP contribution in [-0.4, -0.2) is 27.3 Å². The lowest BCUT2D eigenvalue weighted by atomic mass is 10.3. The summed E-state index contributed by atoms with van der Waals surface area (Å²) >= 11 is 8.14. The molecule has 0 atom stereocenters. The fourth-order valence-corrected chi connectivity index (χ4v) is 5.04. The average Bonchev–Trinajstić information content (AvgIpc) is 3.13. The van der Waals surface area contributed by atoms with Gasteiger partial charge in [0.1, 0.15) is 0 Å². The van der Waals surface area contributed by atoms with E-state index in [0.717, 1.165) is 11.6 Å². The number of aromatic hydroxyl groups is 1. The Hall–Kier alpha value is -2.25. The minimum absolute atomic E-state index is 0.0161. The van der Waals surface area contributed by atoms with Crippen molar-refractivity contribution in [2.24, 2.45) is 0 Å². The van der Waals surface area contributed by atoms with Crippen molar-refractivity contribution in [1.82, 2.24) is 4.57 Å². The molecule has 2 N–H and O–H groups in total. The van der Waals surface area contributed by atoms with E-state index in [2.05, 4.69) is 29.7 Å². The number of hydrogen-bond donors (Lipinski definition) is 2. The Morgan fingerprint density at radius 2 is 2.15 bits per heavy atom. The fraction of sp³-hybridized carbons (Fsp3) is 0.211. The summed E-state index contributed by atoms with van der Waals surface area (Å²) in [6.45, 7) is 3.14. The molecule has 1 aromatic carbocycles. The van der Waals surface area contributed by atoms with Crippen molar-refractivity contribution in [3.63, 3.8) is 0 Å². The highest BCUT2D eigenvalue weighted by Crippen LogP contribution is 2.45. The largest absolute Gasteiger partial charge is 0.493 e. The van der Waals surface area contributed by atoms with Gasteiger partial charge in [-0.3, -0.25) is 9.36 Å². The predicted molar refractivity (Wildman–Crippen MR) is 113 cm³/mol. The van der Waals surface area contributed by atoms with E-state index in [1.807, 2.05) is 18.2 Å². The molecule has 1 aliphatic rings. The van der Waals surface area contributed by atoms with Gasteiger partial charge in [-0.15, -0.1) is 17.1 Å². The van der Waals surface area contributed by atoms with Crippen LogP contribution < -0.4 is 4.90 Å². The molecule has 140 valence electrons. The first-order chi connectivity index (χ1) is 13.0. The number of fused-ring (bicyclic) bond motifs is 1. The number of carboxylic acid groups (broad SMARTS) is 1. The number of thioether (sulfide) groups is 1. The van der Waals surface area contributed by atoms with Gasteiger partial charge >= 0.3 is 5.97 Å². The van der Waals surface area contributed by atoms with Gasteiger partial charge in [0.15, 0.2) is 3.95 Å². The summed E-state index contributed by atoms with van der Waals surface area (Å²) in [5, 5.41) is 20.1. The SMILES string of the molecule is CCN1C(=CC=C=Cc2sc(=S)n(CCC(=O)O)c2O)Sc2ccccc21. The van der Waals surface area contributed by atoms with Crippen molar-refractivity contribution in [1.29, 1.82) is 0 Å². The second kappa shape index (κ2) is 8.63. The Labute approximate surface area is 170 Å². The number of para-hydroxylation sites is 1. The predicted octanol–water partition coefficient (Wildman–Crippen LogP) is 5.10. The molecule has 0 unspecified atom stereocenters.